The number of anilines is 6. The average Bonchev–Trinajstić information content (AvgIpc) is 1.55. The van der Waals surface area contributed by atoms with Crippen molar-refractivity contribution in [3.05, 3.63) is 196 Å². The highest BCUT2D eigenvalue weighted by atomic mass is 19.1. The van der Waals surface area contributed by atoms with Crippen LogP contribution in [0.2, 0.25) is 0 Å². The number of ether oxygens (including phenoxy) is 3. The first-order chi connectivity index (χ1) is 57.8. The molecule has 36 heteroatoms. The van der Waals surface area contributed by atoms with Gasteiger partial charge in [-0.2, -0.15) is 0 Å². The number of aryl methyl sites for hydroxylation is 3. The molecule has 3 aliphatic heterocycles. The highest BCUT2D eigenvalue weighted by molar-refractivity contribution is 6.03. The van der Waals surface area contributed by atoms with Crippen LogP contribution in [0.15, 0.2) is 110 Å². The summed E-state index contributed by atoms with van der Waals surface area (Å²) < 4.78 is 107. The van der Waals surface area contributed by atoms with Crippen LogP contribution < -0.4 is 35.5 Å². The lowest BCUT2D eigenvalue weighted by atomic mass is 10.2. The van der Waals surface area contributed by atoms with Crippen LogP contribution in [-0.2, 0) is 19.6 Å². The van der Waals surface area contributed by atoms with Gasteiger partial charge in [-0.15, -0.1) is 0 Å². The minimum absolute atomic E-state index is 0.0262. The molecule has 3 amide bonds. The Morgan fingerprint density at radius 3 is 1.00 bits per heavy atom. The molecule has 0 radical (unpaired) electrons. The van der Waals surface area contributed by atoms with Crippen molar-refractivity contribution in [2.24, 2.45) is 0 Å². The van der Waals surface area contributed by atoms with Gasteiger partial charge in [-0.25, -0.2) is 71.2 Å². The molecule has 9 aromatic heterocycles. The first-order valence-electron chi connectivity index (χ1n) is 39.6. The standard InChI is InChI=1S/C29H34F2N8O2.C28H32F2N8O2.C27H30F2N8O2/c1-5-37(4)29(40)24-27(36-23-8-7-19(15-32-23)16-39-11-9-38(6-2)10-12-39)33-17-34-28(24)41-22-14-21(30)26-20(25(22)31)13-18(3)35-26;1-5-37(4)28(39)23-26(35-22-7-6-18(14-31-22)15-38-10-8-36(3)9-11-38)32-16-33-27(23)40-21-13-20(29)25-19(24(21)30)12-17(2)34-25;1-4-36(3)27(38)22-25(35-21-6-5-17(13-31-21)14-37-9-7-30-8-10-37)32-15-33-26(22)39-20-12-19(28)24-18(23(20)29)11-16(2)34-24/h7-8,13-15,17,35H,5-6,9-12,16H2,1-4H3,(H,32,33,34,36);6-7,12-14,16,34H,5,8-11,15H2,1-4H3,(H,31,32,33,35);5-6,11-13,15,30,34H,4,7-10,14H2,1-3H3,(H,31,32,33,35). The van der Waals surface area contributed by atoms with Gasteiger partial charge in [-0.05, 0) is 108 Å². The molecule has 630 valence electrons. The number of benzene rings is 3. The summed E-state index contributed by atoms with van der Waals surface area (Å²) in [6, 6.07) is 18.6. The summed E-state index contributed by atoms with van der Waals surface area (Å²) >= 11 is 0. The highest BCUT2D eigenvalue weighted by Crippen LogP contribution is 2.40. The zero-order valence-corrected chi connectivity index (χ0v) is 68.6. The Kier molecular flexibility index (Phi) is 27.4. The summed E-state index contributed by atoms with van der Waals surface area (Å²) in [6.45, 7) is 29.4. The molecule has 15 rings (SSSR count). The van der Waals surface area contributed by atoms with Gasteiger partial charge >= 0.3 is 0 Å². The molecule has 7 N–H and O–H groups in total. The van der Waals surface area contributed by atoms with Crippen molar-refractivity contribution >= 4 is 85.3 Å². The lowest BCUT2D eigenvalue weighted by Crippen LogP contribution is -2.45. The maximum absolute atomic E-state index is 15.3. The molecule has 3 fully saturated rings. The van der Waals surface area contributed by atoms with E-state index >= 15 is 13.2 Å². The van der Waals surface area contributed by atoms with E-state index in [-0.39, 0.29) is 84.5 Å². The van der Waals surface area contributed by atoms with Gasteiger partial charge in [0, 0.05) is 209 Å². The quantitative estimate of drug-likeness (QED) is 0.0261. The topological polar surface area (TPSA) is 316 Å². The monoisotopic (exact) mass is 1650 g/mol. The number of amides is 3. The Morgan fingerprint density at radius 2 is 0.708 bits per heavy atom. The second-order valence-electron chi connectivity index (χ2n) is 29.6. The number of piperazine rings is 3. The molecule has 0 unspecified atom stereocenters. The van der Waals surface area contributed by atoms with E-state index in [1.54, 1.807) is 66.6 Å². The average molecular weight is 1650 g/mol. The molecule has 30 nitrogen and oxygen atoms in total. The number of fused-ring (bicyclic) bond motifs is 3. The molecule has 3 aliphatic rings. The molecule has 3 aromatic carbocycles. The third kappa shape index (κ3) is 20.1. The minimum Gasteiger partial charge on any atom is -0.435 e. The molecule has 0 aliphatic carbocycles. The number of carbonyl (C=O) groups is 3. The fourth-order valence-corrected chi connectivity index (χ4v) is 13.8. The number of hydrogen-bond donors (Lipinski definition) is 7. The highest BCUT2D eigenvalue weighted by Gasteiger charge is 2.31. The summed E-state index contributed by atoms with van der Waals surface area (Å²) in [7, 11) is 6.96. The predicted octanol–water partition coefficient (Wildman–Crippen LogP) is 13.0. The normalized spacial score (nSPS) is 14.3. The molecule has 120 heavy (non-hydrogen) atoms. The van der Waals surface area contributed by atoms with Crippen LogP contribution in [0.5, 0.6) is 34.9 Å². The van der Waals surface area contributed by atoms with E-state index < -0.39 is 69.9 Å². The number of aromatic nitrogens is 12. The van der Waals surface area contributed by atoms with Gasteiger partial charge in [-0.1, -0.05) is 25.1 Å². The molecule has 12 aromatic rings. The molecule has 0 atom stereocenters. The fourth-order valence-electron chi connectivity index (χ4n) is 13.8. The van der Waals surface area contributed by atoms with Crippen molar-refractivity contribution < 1.29 is 54.9 Å². The molecular weight excluding hydrogens is 1560 g/mol. The van der Waals surface area contributed by atoms with Crippen molar-refractivity contribution in [3.63, 3.8) is 0 Å². The Balaban J connectivity index is 0.000000156. The molecule has 0 bridgehead atoms. The Bertz CT molecular complexity index is 5620. The number of likely N-dealkylation sites (N-methyl/N-ethyl adjacent to an activating group) is 2. The second-order valence-corrected chi connectivity index (χ2v) is 29.6. The first kappa shape index (κ1) is 85.4. The predicted molar refractivity (Wildman–Crippen MR) is 444 cm³/mol. The van der Waals surface area contributed by atoms with E-state index in [4.69, 9.17) is 14.2 Å². The zero-order valence-electron chi connectivity index (χ0n) is 68.6. The van der Waals surface area contributed by atoms with Crippen LogP contribution in [0.4, 0.5) is 61.2 Å². The van der Waals surface area contributed by atoms with Gasteiger partial charge in [0.2, 0.25) is 17.6 Å². The van der Waals surface area contributed by atoms with Gasteiger partial charge in [0.05, 0.1) is 16.6 Å². The van der Waals surface area contributed by atoms with Crippen molar-refractivity contribution in [1.82, 2.24) is 104 Å². The lowest BCUT2D eigenvalue weighted by Gasteiger charge is -2.33. The SMILES string of the molecule is CCN(C)C(=O)c1c(Nc2ccc(CN3CCN(C)CC3)cn2)ncnc1Oc1cc(F)c2[nH]c(C)cc2c1F.CCN(C)C(=O)c1c(Nc2ccc(CN3CCNCC3)cn2)ncnc1Oc1cc(F)c2[nH]c(C)cc2c1F.CCN1CCN(Cc2ccc(Nc3ncnc(Oc4cc(F)c5[nH]c(C)cc5c4F)c3C(=O)N(C)CC)nc2)CC1. The molecule has 3 saturated heterocycles. The van der Waals surface area contributed by atoms with Crippen molar-refractivity contribution in [2.45, 2.75) is 68.1 Å². The summed E-state index contributed by atoms with van der Waals surface area (Å²) in [4.78, 5) is 103. The van der Waals surface area contributed by atoms with E-state index in [1.165, 1.54) is 51.9 Å². The Hall–Kier alpha value is -12.5. The molecular formula is C84H96F6N24O6. The summed E-state index contributed by atoms with van der Waals surface area (Å²) in [5, 5.41) is 12.7. The number of halogens is 6. The van der Waals surface area contributed by atoms with Gasteiger partial charge in [0.15, 0.2) is 69.6 Å². The summed E-state index contributed by atoms with van der Waals surface area (Å²) in [5.41, 5.74) is 5.02. The van der Waals surface area contributed by atoms with Gasteiger partial charge < -0.3 is 74.9 Å². The summed E-state index contributed by atoms with van der Waals surface area (Å²) in [5.74, 6) is -5.77. The Labute approximate surface area is 689 Å². The van der Waals surface area contributed by atoms with Gasteiger partial charge in [0.1, 0.15) is 53.1 Å². The number of H-pyrrole nitrogens is 3. The number of aromatic amines is 3. The van der Waals surface area contributed by atoms with Crippen molar-refractivity contribution in [1.29, 1.82) is 0 Å². The van der Waals surface area contributed by atoms with E-state index in [2.05, 4.69) is 120 Å². The van der Waals surface area contributed by atoms with Gasteiger partial charge in [-0.3, -0.25) is 29.1 Å². The van der Waals surface area contributed by atoms with Crippen LogP contribution in [0.25, 0.3) is 32.7 Å². The van der Waals surface area contributed by atoms with E-state index in [1.807, 2.05) is 51.1 Å². The second kappa shape index (κ2) is 38.5. The number of rotatable bonds is 25. The first-order valence-corrected chi connectivity index (χ1v) is 39.6. The van der Waals surface area contributed by atoms with Crippen molar-refractivity contribution in [2.75, 3.05) is 149 Å². The van der Waals surface area contributed by atoms with Crippen LogP contribution in [0.1, 0.15) is 92.5 Å². The minimum atomic E-state index is -0.771. The number of carbonyl (C=O) groups excluding carboxylic acids is 3. The van der Waals surface area contributed by atoms with Crippen LogP contribution in [0.3, 0.4) is 0 Å². The third-order valence-corrected chi connectivity index (χ3v) is 21.0. The zero-order chi connectivity index (χ0) is 85.0. The number of hydrogen-bond acceptors (Lipinski definition) is 24. The van der Waals surface area contributed by atoms with Crippen LogP contribution >= 0.6 is 0 Å². The van der Waals surface area contributed by atoms with Crippen molar-refractivity contribution in [3.8, 4) is 34.9 Å². The van der Waals surface area contributed by atoms with Gasteiger partial charge in [0.25, 0.3) is 17.7 Å². The number of nitrogens with one attached hydrogen (secondary N) is 7. The Morgan fingerprint density at radius 1 is 0.408 bits per heavy atom. The third-order valence-electron chi connectivity index (χ3n) is 21.0. The lowest BCUT2D eigenvalue weighted by molar-refractivity contribution is 0.0791. The molecule has 0 spiro atoms. The number of pyridine rings is 3. The van der Waals surface area contributed by atoms with E-state index in [0.29, 0.717) is 54.2 Å². The largest absolute Gasteiger partial charge is 0.435 e. The molecule has 12 heterocycles. The van der Waals surface area contributed by atoms with E-state index in [9.17, 15) is 27.6 Å². The summed E-state index contributed by atoms with van der Waals surface area (Å²) in [6.07, 6.45) is 8.92. The number of nitrogens with zero attached hydrogens (tertiary/aromatic N) is 17. The van der Waals surface area contributed by atoms with Crippen LogP contribution in [0, 0.1) is 55.7 Å². The van der Waals surface area contributed by atoms with Crippen LogP contribution in [-0.4, -0.2) is 250 Å². The fraction of sp³-hybridized carbons (Fsp3) is 0.357. The maximum atomic E-state index is 15.3. The maximum Gasteiger partial charge on any atom is 0.262 e. The van der Waals surface area contributed by atoms with E-state index in [0.717, 1.165) is 140 Å². The smallest absolute Gasteiger partial charge is 0.262 e. The molecule has 0 saturated carbocycles.